The van der Waals surface area contributed by atoms with Crippen molar-refractivity contribution in [3.8, 4) is 11.8 Å². The predicted molar refractivity (Wildman–Crippen MR) is 84.4 cm³/mol. The zero-order valence-electron chi connectivity index (χ0n) is 11.7. The summed E-state index contributed by atoms with van der Waals surface area (Å²) < 4.78 is 6.55. The molecule has 108 valence electrons. The average molecular weight is 311 g/mol. The third-order valence-corrected chi connectivity index (χ3v) is 3.75. The van der Waals surface area contributed by atoms with Crippen molar-refractivity contribution in [1.82, 2.24) is 4.57 Å². The molecule has 0 unspecified atom stereocenters. The Bertz CT molecular complexity index is 922. The normalized spacial score (nSPS) is 10.4. The molecular formula is C17H11ClN2O2. The molecule has 5 heteroatoms. The number of benzene rings is 2. The van der Waals surface area contributed by atoms with Gasteiger partial charge in [-0.1, -0.05) is 29.8 Å². The Kier molecular flexibility index (Phi) is 3.58. The van der Waals surface area contributed by atoms with Gasteiger partial charge in [-0.05, 0) is 24.3 Å². The first-order valence-corrected chi connectivity index (χ1v) is 6.92. The van der Waals surface area contributed by atoms with Crippen LogP contribution < -0.4 is 4.74 Å². The van der Waals surface area contributed by atoms with Gasteiger partial charge in [-0.2, -0.15) is 5.26 Å². The van der Waals surface area contributed by atoms with E-state index < -0.39 is 0 Å². The Labute approximate surface area is 132 Å². The van der Waals surface area contributed by atoms with E-state index in [9.17, 15) is 10.1 Å². The number of ether oxygens (including phenoxy) is 1. The summed E-state index contributed by atoms with van der Waals surface area (Å²) in [4.78, 5) is 12.7. The third-order valence-electron chi connectivity index (χ3n) is 3.45. The highest BCUT2D eigenvalue weighted by molar-refractivity contribution is 6.32. The Hall–Kier alpha value is -2.77. The fourth-order valence-corrected chi connectivity index (χ4v) is 2.63. The fraction of sp³-hybridized carbons (Fsp3) is 0.0588. The van der Waals surface area contributed by atoms with Crippen LogP contribution in [0.5, 0.6) is 5.75 Å². The maximum absolute atomic E-state index is 12.7. The molecule has 3 aromatic rings. The molecule has 2 aromatic carbocycles. The van der Waals surface area contributed by atoms with Crippen LogP contribution in [0.1, 0.15) is 15.9 Å². The first-order valence-electron chi connectivity index (χ1n) is 6.54. The Balaban J connectivity index is 2.14. The maximum Gasteiger partial charge on any atom is 0.262 e. The molecule has 0 saturated heterocycles. The highest BCUT2D eigenvalue weighted by atomic mass is 35.5. The Morgan fingerprint density at radius 2 is 2.05 bits per heavy atom. The molecular weight excluding hydrogens is 300 g/mol. The summed E-state index contributed by atoms with van der Waals surface area (Å²) in [6, 6.07) is 14.2. The molecule has 0 saturated carbocycles. The Morgan fingerprint density at radius 1 is 1.27 bits per heavy atom. The van der Waals surface area contributed by atoms with Gasteiger partial charge in [-0.15, -0.1) is 0 Å². The van der Waals surface area contributed by atoms with Crippen LogP contribution in [-0.2, 0) is 0 Å². The number of nitriles is 1. The second-order valence-corrected chi connectivity index (χ2v) is 5.10. The molecule has 0 spiro atoms. The van der Waals surface area contributed by atoms with Crippen LogP contribution in [0.15, 0.2) is 48.7 Å². The molecule has 1 heterocycles. The predicted octanol–water partition coefficient (Wildman–Crippen LogP) is 3.86. The van der Waals surface area contributed by atoms with Crippen molar-refractivity contribution in [3.05, 3.63) is 64.8 Å². The lowest BCUT2D eigenvalue weighted by atomic mass is 10.2. The number of hydrogen-bond acceptors (Lipinski definition) is 3. The highest BCUT2D eigenvalue weighted by Crippen LogP contribution is 2.27. The molecule has 0 N–H and O–H groups in total. The van der Waals surface area contributed by atoms with Gasteiger partial charge in [-0.25, -0.2) is 0 Å². The van der Waals surface area contributed by atoms with Crippen molar-refractivity contribution < 1.29 is 9.53 Å². The minimum atomic E-state index is -0.248. The van der Waals surface area contributed by atoms with Crippen LogP contribution >= 0.6 is 11.6 Å². The van der Waals surface area contributed by atoms with Gasteiger partial charge in [0.2, 0.25) is 0 Å². The van der Waals surface area contributed by atoms with Crippen molar-refractivity contribution in [2.24, 2.45) is 0 Å². The summed E-state index contributed by atoms with van der Waals surface area (Å²) in [6.45, 7) is 0. The number of aromatic nitrogens is 1. The van der Waals surface area contributed by atoms with Gasteiger partial charge in [0.1, 0.15) is 11.8 Å². The zero-order chi connectivity index (χ0) is 15.7. The summed E-state index contributed by atoms with van der Waals surface area (Å²) in [7, 11) is 1.52. The SMILES string of the molecule is COc1ccc(C(=O)n2cc(C#N)c3ccccc32)cc1Cl. The lowest BCUT2D eigenvalue weighted by Crippen LogP contribution is -2.10. The van der Waals surface area contributed by atoms with Gasteiger partial charge < -0.3 is 4.74 Å². The molecule has 3 rings (SSSR count). The van der Waals surface area contributed by atoms with Crippen molar-refractivity contribution in [2.45, 2.75) is 0 Å². The number of methoxy groups -OCH3 is 1. The van der Waals surface area contributed by atoms with Crippen molar-refractivity contribution in [2.75, 3.05) is 7.11 Å². The number of carbonyl (C=O) groups excluding carboxylic acids is 1. The van der Waals surface area contributed by atoms with E-state index in [1.165, 1.54) is 11.7 Å². The lowest BCUT2D eigenvalue weighted by Gasteiger charge is -2.07. The van der Waals surface area contributed by atoms with E-state index in [0.29, 0.717) is 27.4 Å². The molecule has 0 aliphatic carbocycles. The van der Waals surface area contributed by atoms with Crippen LogP contribution in [0.2, 0.25) is 5.02 Å². The van der Waals surface area contributed by atoms with Gasteiger partial charge in [0, 0.05) is 17.1 Å². The summed E-state index contributed by atoms with van der Waals surface area (Å²) >= 11 is 6.07. The van der Waals surface area contributed by atoms with E-state index in [0.717, 1.165) is 5.39 Å². The van der Waals surface area contributed by atoms with Crippen molar-refractivity contribution in [1.29, 1.82) is 5.26 Å². The number of fused-ring (bicyclic) bond motifs is 1. The number of carbonyl (C=O) groups is 1. The minimum Gasteiger partial charge on any atom is -0.495 e. The van der Waals surface area contributed by atoms with E-state index >= 15 is 0 Å². The van der Waals surface area contributed by atoms with Crippen LogP contribution in [0.25, 0.3) is 10.9 Å². The maximum atomic E-state index is 12.7. The monoisotopic (exact) mass is 310 g/mol. The number of para-hydroxylation sites is 1. The molecule has 0 atom stereocenters. The van der Waals surface area contributed by atoms with E-state index in [2.05, 4.69) is 6.07 Å². The van der Waals surface area contributed by atoms with E-state index in [-0.39, 0.29) is 5.91 Å². The summed E-state index contributed by atoms with van der Waals surface area (Å²) in [5.41, 5.74) is 1.58. The molecule has 4 nitrogen and oxygen atoms in total. The van der Waals surface area contributed by atoms with E-state index in [4.69, 9.17) is 16.3 Å². The van der Waals surface area contributed by atoms with Crippen LogP contribution in [-0.4, -0.2) is 17.6 Å². The number of nitrogens with zero attached hydrogens (tertiary/aromatic N) is 2. The second kappa shape index (κ2) is 5.55. The zero-order valence-corrected chi connectivity index (χ0v) is 12.5. The highest BCUT2D eigenvalue weighted by Gasteiger charge is 2.16. The molecule has 0 bridgehead atoms. The average Bonchev–Trinajstić information content (AvgIpc) is 2.93. The van der Waals surface area contributed by atoms with Crippen LogP contribution in [0.3, 0.4) is 0 Å². The Morgan fingerprint density at radius 3 is 2.73 bits per heavy atom. The molecule has 22 heavy (non-hydrogen) atoms. The number of hydrogen-bond donors (Lipinski definition) is 0. The van der Waals surface area contributed by atoms with E-state index in [1.807, 2.05) is 18.2 Å². The molecule has 0 fully saturated rings. The van der Waals surface area contributed by atoms with Gasteiger partial charge in [-0.3, -0.25) is 9.36 Å². The number of halogens is 1. The largest absolute Gasteiger partial charge is 0.495 e. The van der Waals surface area contributed by atoms with Gasteiger partial charge in [0.25, 0.3) is 5.91 Å². The van der Waals surface area contributed by atoms with Gasteiger partial charge >= 0.3 is 0 Å². The van der Waals surface area contributed by atoms with Crippen molar-refractivity contribution >= 4 is 28.4 Å². The summed E-state index contributed by atoms with van der Waals surface area (Å²) in [5.74, 6) is 0.260. The summed E-state index contributed by atoms with van der Waals surface area (Å²) in [5, 5.41) is 10.3. The second-order valence-electron chi connectivity index (χ2n) is 4.70. The topological polar surface area (TPSA) is 55.0 Å². The standard InChI is InChI=1S/C17H11ClN2O2/c1-22-16-7-6-11(8-14(16)18)17(21)20-10-12(9-19)13-4-2-3-5-15(13)20/h2-8,10H,1H3. The van der Waals surface area contributed by atoms with Gasteiger partial charge in [0.05, 0.1) is 23.2 Å². The van der Waals surface area contributed by atoms with Crippen molar-refractivity contribution in [3.63, 3.8) is 0 Å². The summed E-state index contributed by atoms with van der Waals surface area (Å²) in [6.07, 6.45) is 1.55. The molecule has 1 aromatic heterocycles. The first kappa shape index (κ1) is 14.2. The van der Waals surface area contributed by atoms with E-state index in [1.54, 1.807) is 30.5 Å². The fourth-order valence-electron chi connectivity index (χ4n) is 2.38. The molecule has 0 radical (unpaired) electrons. The lowest BCUT2D eigenvalue weighted by molar-refractivity contribution is 0.0965. The number of rotatable bonds is 2. The molecule has 0 aliphatic heterocycles. The molecule has 0 aliphatic rings. The van der Waals surface area contributed by atoms with Crippen LogP contribution in [0.4, 0.5) is 0 Å². The quantitative estimate of drug-likeness (QED) is 0.722. The smallest absolute Gasteiger partial charge is 0.262 e. The minimum absolute atomic E-state index is 0.248. The third kappa shape index (κ3) is 2.22. The molecule has 0 amide bonds. The van der Waals surface area contributed by atoms with Crippen LogP contribution in [0, 0.1) is 11.3 Å². The van der Waals surface area contributed by atoms with Gasteiger partial charge in [0.15, 0.2) is 0 Å². The first-order chi connectivity index (χ1) is 10.7.